The van der Waals surface area contributed by atoms with Gasteiger partial charge in [0, 0.05) is 18.3 Å². The minimum atomic E-state index is 0.451. The Morgan fingerprint density at radius 1 is 1.40 bits per heavy atom. The van der Waals surface area contributed by atoms with Crippen LogP contribution in [0.5, 0.6) is 5.88 Å². The van der Waals surface area contributed by atoms with E-state index in [0.717, 1.165) is 24.2 Å². The summed E-state index contributed by atoms with van der Waals surface area (Å²) in [6.07, 6.45) is 8.46. The highest BCUT2D eigenvalue weighted by Crippen LogP contribution is 2.49. The third kappa shape index (κ3) is 2.89. The lowest BCUT2D eigenvalue weighted by Gasteiger charge is -2.28. The molecule has 110 valence electrons. The molecule has 0 radical (unpaired) electrons. The number of anilines is 1. The highest BCUT2D eigenvalue weighted by molar-refractivity contribution is 5.29. The third-order valence-electron chi connectivity index (χ3n) is 4.88. The Morgan fingerprint density at radius 3 is 3.00 bits per heavy atom. The van der Waals surface area contributed by atoms with Gasteiger partial charge in [-0.05, 0) is 50.4 Å². The predicted octanol–water partition coefficient (Wildman–Crippen LogP) is 3.50. The normalized spacial score (nSPS) is 29.4. The zero-order chi connectivity index (χ0) is 13.9. The number of fused-ring (bicyclic) bond motifs is 2. The molecule has 0 saturated heterocycles. The van der Waals surface area contributed by atoms with Crippen LogP contribution in [0.1, 0.15) is 46.0 Å². The molecule has 4 unspecified atom stereocenters. The smallest absolute Gasteiger partial charge is 0.226 e. The molecule has 0 aromatic carbocycles. The summed E-state index contributed by atoms with van der Waals surface area (Å²) >= 11 is 0. The van der Waals surface area contributed by atoms with Crippen LogP contribution in [-0.2, 0) is 0 Å². The molecule has 1 aromatic heterocycles. The molecular weight excluding hydrogens is 250 g/mol. The van der Waals surface area contributed by atoms with Gasteiger partial charge in [0.1, 0.15) is 0 Å². The van der Waals surface area contributed by atoms with Crippen LogP contribution in [0.15, 0.2) is 12.3 Å². The summed E-state index contributed by atoms with van der Waals surface area (Å²) in [5.74, 6) is 4.06. The van der Waals surface area contributed by atoms with E-state index in [1.807, 2.05) is 6.07 Å². The molecule has 2 aliphatic rings. The average molecular weight is 275 g/mol. The summed E-state index contributed by atoms with van der Waals surface area (Å²) in [5, 5.41) is 3.48. The van der Waals surface area contributed by atoms with Gasteiger partial charge < -0.3 is 10.1 Å². The van der Waals surface area contributed by atoms with Crippen LogP contribution in [0.2, 0.25) is 0 Å². The fraction of sp³-hybridized carbons (Fsp3) is 0.750. The first kappa shape index (κ1) is 13.7. The second kappa shape index (κ2) is 5.98. The maximum atomic E-state index is 5.56. The maximum Gasteiger partial charge on any atom is 0.226 e. The molecule has 2 saturated carbocycles. The number of nitrogens with zero attached hydrogens (tertiary/aromatic N) is 2. The standard InChI is InChI=1S/C16H25N3O/c1-3-8-20-15-6-7-17-16(19-15)18-11(2)14-10-12-4-5-13(14)9-12/h6-7,11-14H,3-5,8-10H2,1-2H3,(H,17,18,19). The summed E-state index contributed by atoms with van der Waals surface area (Å²) in [6, 6.07) is 2.27. The van der Waals surface area contributed by atoms with Crippen molar-refractivity contribution >= 4 is 5.95 Å². The van der Waals surface area contributed by atoms with Crippen molar-refractivity contribution in [3.8, 4) is 5.88 Å². The van der Waals surface area contributed by atoms with Gasteiger partial charge >= 0.3 is 0 Å². The van der Waals surface area contributed by atoms with E-state index in [1.165, 1.54) is 25.7 Å². The first-order valence-electron chi connectivity index (χ1n) is 7.98. The van der Waals surface area contributed by atoms with Crippen molar-refractivity contribution in [3.05, 3.63) is 12.3 Å². The Balaban J connectivity index is 1.59. The van der Waals surface area contributed by atoms with Crippen molar-refractivity contribution in [2.24, 2.45) is 17.8 Å². The monoisotopic (exact) mass is 275 g/mol. The largest absolute Gasteiger partial charge is 0.478 e. The van der Waals surface area contributed by atoms with Crippen LogP contribution in [0.4, 0.5) is 5.95 Å². The molecule has 2 fully saturated rings. The molecule has 1 aromatic rings. The van der Waals surface area contributed by atoms with Crippen LogP contribution in [0, 0.1) is 17.8 Å². The molecular formula is C16H25N3O. The van der Waals surface area contributed by atoms with Gasteiger partial charge in [-0.25, -0.2) is 4.98 Å². The minimum absolute atomic E-state index is 0.451. The fourth-order valence-corrected chi connectivity index (χ4v) is 3.92. The van der Waals surface area contributed by atoms with Crippen molar-refractivity contribution in [1.82, 2.24) is 9.97 Å². The number of rotatable bonds is 6. The van der Waals surface area contributed by atoms with E-state index >= 15 is 0 Å². The van der Waals surface area contributed by atoms with E-state index in [4.69, 9.17) is 4.74 Å². The Bertz CT molecular complexity index is 451. The molecule has 4 atom stereocenters. The van der Waals surface area contributed by atoms with Crippen LogP contribution >= 0.6 is 0 Å². The lowest BCUT2D eigenvalue weighted by Crippen LogP contribution is -2.30. The van der Waals surface area contributed by atoms with Gasteiger partial charge in [-0.3, -0.25) is 0 Å². The summed E-state index contributed by atoms with van der Waals surface area (Å²) in [4.78, 5) is 8.76. The average Bonchev–Trinajstić information content (AvgIpc) is 3.08. The quantitative estimate of drug-likeness (QED) is 0.863. The molecule has 0 aliphatic heterocycles. The van der Waals surface area contributed by atoms with Crippen molar-refractivity contribution in [2.75, 3.05) is 11.9 Å². The predicted molar refractivity (Wildman–Crippen MR) is 79.8 cm³/mol. The molecule has 0 spiro atoms. The molecule has 4 nitrogen and oxygen atoms in total. The number of nitrogens with one attached hydrogen (secondary N) is 1. The van der Waals surface area contributed by atoms with E-state index in [2.05, 4.69) is 29.1 Å². The number of hydrogen-bond donors (Lipinski definition) is 1. The number of hydrogen-bond acceptors (Lipinski definition) is 4. The first-order chi connectivity index (χ1) is 9.76. The topological polar surface area (TPSA) is 47.0 Å². The van der Waals surface area contributed by atoms with Crippen molar-refractivity contribution < 1.29 is 4.74 Å². The van der Waals surface area contributed by atoms with E-state index < -0.39 is 0 Å². The second-order valence-electron chi connectivity index (χ2n) is 6.34. The van der Waals surface area contributed by atoms with Crippen molar-refractivity contribution in [3.63, 3.8) is 0 Å². The van der Waals surface area contributed by atoms with Crippen molar-refractivity contribution in [2.45, 2.75) is 52.0 Å². The van der Waals surface area contributed by atoms with Gasteiger partial charge in [0.05, 0.1) is 6.61 Å². The van der Waals surface area contributed by atoms with Crippen molar-refractivity contribution in [1.29, 1.82) is 0 Å². The zero-order valence-corrected chi connectivity index (χ0v) is 12.5. The van der Waals surface area contributed by atoms with Gasteiger partial charge in [-0.2, -0.15) is 4.98 Å². The Labute approximate surface area is 121 Å². The second-order valence-corrected chi connectivity index (χ2v) is 6.34. The van der Waals surface area contributed by atoms with E-state index in [0.29, 0.717) is 24.5 Å². The van der Waals surface area contributed by atoms with Crippen LogP contribution in [0.3, 0.4) is 0 Å². The molecule has 1 N–H and O–H groups in total. The molecule has 20 heavy (non-hydrogen) atoms. The molecule has 2 aliphatic carbocycles. The lowest BCUT2D eigenvalue weighted by molar-refractivity contribution is 0.299. The van der Waals surface area contributed by atoms with E-state index in [1.54, 1.807) is 6.20 Å². The van der Waals surface area contributed by atoms with Crippen LogP contribution in [-0.4, -0.2) is 22.6 Å². The van der Waals surface area contributed by atoms with Crippen LogP contribution in [0.25, 0.3) is 0 Å². The maximum absolute atomic E-state index is 5.56. The van der Waals surface area contributed by atoms with Gasteiger partial charge in [0.15, 0.2) is 0 Å². The number of ether oxygens (including phenoxy) is 1. The molecule has 4 heteroatoms. The first-order valence-corrected chi connectivity index (χ1v) is 7.98. The zero-order valence-electron chi connectivity index (χ0n) is 12.5. The Hall–Kier alpha value is -1.32. The SMILES string of the molecule is CCCOc1ccnc(NC(C)C2CC3CCC2C3)n1. The highest BCUT2D eigenvalue weighted by atomic mass is 16.5. The Kier molecular flexibility index (Phi) is 4.08. The highest BCUT2D eigenvalue weighted by Gasteiger charge is 2.41. The van der Waals surface area contributed by atoms with Gasteiger partial charge in [0.2, 0.25) is 11.8 Å². The number of aromatic nitrogens is 2. The van der Waals surface area contributed by atoms with Gasteiger partial charge in [-0.1, -0.05) is 13.3 Å². The minimum Gasteiger partial charge on any atom is -0.478 e. The van der Waals surface area contributed by atoms with Gasteiger partial charge in [-0.15, -0.1) is 0 Å². The third-order valence-corrected chi connectivity index (χ3v) is 4.88. The summed E-state index contributed by atoms with van der Waals surface area (Å²) in [7, 11) is 0. The Morgan fingerprint density at radius 2 is 2.30 bits per heavy atom. The molecule has 3 rings (SSSR count). The summed E-state index contributed by atoms with van der Waals surface area (Å²) < 4.78 is 5.56. The molecule has 0 amide bonds. The summed E-state index contributed by atoms with van der Waals surface area (Å²) in [6.45, 7) is 5.07. The van der Waals surface area contributed by atoms with Gasteiger partial charge in [0.25, 0.3) is 0 Å². The summed E-state index contributed by atoms with van der Waals surface area (Å²) in [5.41, 5.74) is 0. The lowest BCUT2D eigenvalue weighted by atomic mass is 9.84. The fourth-order valence-electron chi connectivity index (χ4n) is 3.92. The van der Waals surface area contributed by atoms with Crippen LogP contribution < -0.4 is 10.1 Å². The van der Waals surface area contributed by atoms with E-state index in [-0.39, 0.29) is 0 Å². The molecule has 2 bridgehead atoms. The molecule has 1 heterocycles. The van der Waals surface area contributed by atoms with E-state index in [9.17, 15) is 0 Å².